The Morgan fingerprint density at radius 3 is 2.28 bits per heavy atom. The average molecular weight is 331 g/mol. The van der Waals surface area contributed by atoms with Gasteiger partial charge in [0.2, 0.25) is 0 Å². The lowest BCUT2D eigenvalue weighted by Gasteiger charge is -2.07. The van der Waals surface area contributed by atoms with Gasteiger partial charge in [-0.25, -0.2) is 4.79 Å². The Balaban J connectivity index is 1.67. The van der Waals surface area contributed by atoms with Gasteiger partial charge in [0.1, 0.15) is 11.5 Å². The second-order valence-corrected chi connectivity index (χ2v) is 5.92. The van der Waals surface area contributed by atoms with Gasteiger partial charge in [0.25, 0.3) is 0 Å². The van der Waals surface area contributed by atoms with E-state index in [9.17, 15) is 4.79 Å². The van der Waals surface area contributed by atoms with Crippen LogP contribution in [0.4, 0.5) is 0 Å². The first-order valence-corrected chi connectivity index (χ1v) is 7.97. The summed E-state index contributed by atoms with van der Waals surface area (Å²) in [4.78, 5) is 16.1. The van der Waals surface area contributed by atoms with Crippen LogP contribution < -0.4 is 10.4 Å². The van der Waals surface area contributed by atoms with Gasteiger partial charge in [0.15, 0.2) is 0 Å². The first kappa shape index (κ1) is 15.2. The monoisotopic (exact) mass is 331 g/mol. The van der Waals surface area contributed by atoms with E-state index in [0.717, 1.165) is 27.9 Å². The number of fused-ring (bicyclic) bond motifs is 1. The van der Waals surface area contributed by atoms with Crippen molar-refractivity contribution in [1.82, 2.24) is 14.1 Å². The Morgan fingerprint density at radius 1 is 0.840 bits per heavy atom. The summed E-state index contributed by atoms with van der Waals surface area (Å²) in [6, 6.07) is 17.6. The molecule has 0 fully saturated rings. The molecular weight excluding hydrogens is 314 g/mol. The molecule has 0 aliphatic rings. The van der Waals surface area contributed by atoms with Crippen LogP contribution in [-0.2, 0) is 14.1 Å². The molecule has 0 unspecified atom stereocenters. The molecule has 25 heavy (non-hydrogen) atoms. The molecule has 4 aromatic rings. The average Bonchev–Trinajstić information content (AvgIpc) is 2.87. The number of aryl methyl sites for hydroxylation is 2. The van der Waals surface area contributed by atoms with Crippen molar-refractivity contribution in [2.75, 3.05) is 0 Å². The van der Waals surface area contributed by atoms with Crippen LogP contribution in [0.5, 0.6) is 11.5 Å². The second-order valence-electron chi connectivity index (χ2n) is 5.92. The molecule has 0 amide bonds. The molecule has 0 aliphatic heterocycles. The number of benzene rings is 2. The third-order valence-corrected chi connectivity index (χ3v) is 4.33. The predicted molar refractivity (Wildman–Crippen MR) is 97.9 cm³/mol. The van der Waals surface area contributed by atoms with E-state index in [-0.39, 0.29) is 5.69 Å². The van der Waals surface area contributed by atoms with Gasteiger partial charge in [-0.15, -0.1) is 0 Å². The first-order valence-electron chi connectivity index (χ1n) is 7.97. The fourth-order valence-electron chi connectivity index (χ4n) is 2.95. The highest BCUT2D eigenvalue weighted by Gasteiger charge is 2.09. The zero-order chi connectivity index (χ0) is 17.4. The third-order valence-electron chi connectivity index (χ3n) is 4.33. The number of hydrogen-bond donors (Lipinski definition) is 0. The molecule has 0 spiro atoms. The van der Waals surface area contributed by atoms with Crippen molar-refractivity contribution >= 4 is 11.0 Å². The molecular formula is C20H17N3O2. The zero-order valence-electron chi connectivity index (χ0n) is 14.0. The molecule has 0 bridgehead atoms. The van der Waals surface area contributed by atoms with Crippen LogP contribution >= 0.6 is 0 Å². The van der Waals surface area contributed by atoms with E-state index < -0.39 is 0 Å². The number of imidazole rings is 1. The normalized spacial score (nSPS) is 11.0. The van der Waals surface area contributed by atoms with Crippen LogP contribution in [0, 0.1) is 0 Å². The number of rotatable bonds is 3. The van der Waals surface area contributed by atoms with Crippen LogP contribution in [-0.4, -0.2) is 14.1 Å². The van der Waals surface area contributed by atoms with Gasteiger partial charge in [-0.2, -0.15) is 0 Å². The summed E-state index contributed by atoms with van der Waals surface area (Å²) >= 11 is 0. The van der Waals surface area contributed by atoms with E-state index >= 15 is 0 Å². The summed E-state index contributed by atoms with van der Waals surface area (Å²) in [7, 11) is 3.58. The molecule has 5 nitrogen and oxygen atoms in total. The van der Waals surface area contributed by atoms with Gasteiger partial charge in [-0.1, -0.05) is 18.2 Å². The van der Waals surface area contributed by atoms with Gasteiger partial charge in [-0.3, -0.25) is 14.1 Å². The minimum absolute atomic E-state index is 0.0210. The third kappa shape index (κ3) is 2.70. The molecule has 0 saturated heterocycles. The predicted octanol–water partition coefficient (Wildman–Crippen LogP) is 3.73. The maximum absolute atomic E-state index is 12.1. The molecule has 2 aromatic heterocycles. The van der Waals surface area contributed by atoms with Crippen LogP contribution in [0.3, 0.4) is 0 Å². The lowest BCUT2D eigenvalue weighted by atomic mass is 10.0. The van der Waals surface area contributed by atoms with Crippen LogP contribution in [0.15, 0.2) is 71.8 Å². The van der Waals surface area contributed by atoms with E-state index in [0.29, 0.717) is 5.75 Å². The van der Waals surface area contributed by atoms with Gasteiger partial charge < -0.3 is 4.74 Å². The summed E-state index contributed by atoms with van der Waals surface area (Å²) in [5.74, 6) is 1.46. The maximum Gasteiger partial charge on any atom is 0.328 e. The van der Waals surface area contributed by atoms with Gasteiger partial charge in [-0.05, 0) is 47.5 Å². The van der Waals surface area contributed by atoms with Crippen molar-refractivity contribution in [3.05, 3.63) is 77.5 Å². The zero-order valence-corrected chi connectivity index (χ0v) is 14.0. The molecule has 2 aromatic carbocycles. The SMILES string of the molecule is Cn1c(=O)n(C)c2cc(-c3ccc(Oc4cccnc4)cc3)ccc21. The molecule has 5 heteroatoms. The minimum Gasteiger partial charge on any atom is -0.456 e. The molecule has 4 rings (SSSR count). The smallest absolute Gasteiger partial charge is 0.328 e. The number of nitrogens with zero attached hydrogens (tertiary/aromatic N) is 3. The van der Waals surface area contributed by atoms with E-state index in [1.165, 1.54) is 0 Å². The van der Waals surface area contributed by atoms with Crippen molar-refractivity contribution in [2.45, 2.75) is 0 Å². The van der Waals surface area contributed by atoms with Crippen LogP contribution in [0.2, 0.25) is 0 Å². The van der Waals surface area contributed by atoms with E-state index in [2.05, 4.69) is 4.98 Å². The molecule has 0 N–H and O–H groups in total. The minimum atomic E-state index is -0.0210. The van der Waals surface area contributed by atoms with Crippen molar-refractivity contribution < 1.29 is 4.74 Å². The lowest BCUT2D eigenvalue weighted by molar-refractivity contribution is 0.480. The number of hydrogen-bond acceptors (Lipinski definition) is 3. The van der Waals surface area contributed by atoms with Crippen LogP contribution in [0.25, 0.3) is 22.2 Å². The fourth-order valence-corrected chi connectivity index (χ4v) is 2.95. The Morgan fingerprint density at radius 2 is 1.56 bits per heavy atom. The summed E-state index contributed by atoms with van der Waals surface area (Å²) in [5.41, 5.74) is 3.94. The Bertz CT molecular complexity index is 1090. The lowest BCUT2D eigenvalue weighted by Crippen LogP contribution is -2.19. The highest BCUT2D eigenvalue weighted by atomic mass is 16.5. The highest BCUT2D eigenvalue weighted by molar-refractivity contribution is 5.82. The standard InChI is InChI=1S/C20H17N3O2/c1-22-18-10-7-15(12-19(18)23(2)20(22)24)14-5-8-16(9-6-14)25-17-4-3-11-21-13-17/h3-13H,1-2H3. The topological polar surface area (TPSA) is 49.0 Å². The fraction of sp³-hybridized carbons (Fsp3) is 0.100. The number of ether oxygens (including phenoxy) is 1. The number of pyridine rings is 1. The molecule has 0 radical (unpaired) electrons. The molecule has 0 atom stereocenters. The summed E-state index contributed by atoms with van der Waals surface area (Å²) < 4.78 is 9.09. The maximum atomic E-state index is 12.1. The first-order chi connectivity index (χ1) is 12.1. The van der Waals surface area contributed by atoms with E-state index in [4.69, 9.17) is 4.74 Å². The van der Waals surface area contributed by atoms with Gasteiger partial charge >= 0.3 is 5.69 Å². The Hall–Kier alpha value is -3.34. The van der Waals surface area contributed by atoms with Crippen molar-refractivity contribution in [3.8, 4) is 22.6 Å². The van der Waals surface area contributed by atoms with Crippen LogP contribution in [0.1, 0.15) is 0 Å². The Kier molecular flexibility index (Phi) is 3.61. The Labute approximate surface area is 144 Å². The molecule has 0 saturated carbocycles. The largest absolute Gasteiger partial charge is 0.456 e. The van der Waals surface area contributed by atoms with Gasteiger partial charge in [0, 0.05) is 20.3 Å². The summed E-state index contributed by atoms with van der Waals surface area (Å²) in [5, 5.41) is 0. The molecule has 124 valence electrons. The highest BCUT2D eigenvalue weighted by Crippen LogP contribution is 2.27. The molecule has 2 heterocycles. The molecule has 0 aliphatic carbocycles. The van der Waals surface area contributed by atoms with E-state index in [1.54, 1.807) is 35.6 Å². The van der Waals surface area contributed by atoms with Crippen molar-refractivity contribution in [1.29, 1.82) is 0 Å². The van der Waals surface area contributed by atoms with E-state index in [1.807, 2.05) is 54.6 Å². The summed E-state index contributed by atoms with van der Waals surface area (Å²) in [6.45, 7) is 0. The number of aromatic nitrogens is 3. The summed E-state index contributed by atoms with van der Waals surface area (Å²) in [6.07, 6.45) is 3.39. The van der Waals surface area contributed by atoms with Gasteiger partial charge in [0.05, 0.1) is 17.2 Å². The van der Waals surface area contributed by atoms with Crippen molar-refractivity contribution in [3.63, 3.8) is 0 Å². The quantitative estimate of drug-likeness (QED) is 0.575. The second kappa shape index (κ2) is 5.94. The van der Waals surface area contributed by atoms with Crippen molar-refractivity contribution in [2.24, 2.45) is 14.1 Å².